The van der Waals surface area contributed by atoms with Gasteiger partial charge in [0.1, 0.15) is 11.6 Å². The van der Waals surface area contributed by atoms with Gasteiger partial charge < -0.3 is 14.4 Å². The number of carboxylic acids is 1. The van der Waals surface area contributed by atoms with Gasteiger partial charge in [-0.15, -0.1) is 0 Å². The van der Waals surface area contributed by atoms with Crippen LogP contribution in [-0.4, -0.2) is 27.7 Å². The van der Waals surface area contributed by atoms with E-state index in [0.29, 0.717) is 11.6 Å². The summed E-state index contributed by atoms with van der Waals surface area (Å²) in [4.78, 5) is 15.3. The number of methoxy groups -OCH3 is 1. The van der Waals surface area contributed by atoms with Crippen LogP contribution in [0.3, 0.4) is 0 Å². The molecule has 1 N–H and O–H groups in total. The van der Waals surface area contributed by atoms with E-state index in [1.165, 1.54) is 13.2 Å². The third-order valence-electron chi connectivity index (χ3n) is 3.38. The Hall–Kier alpha value is -2.37. The second-order valence-electron chi connectivity index (χ2n) is 4.79. The maximum Gasteiger partial charge on any atom is 0.338 e. The van der Waals surface area contributed by atoms with E-state index >= 15 is 0 Å². The summed E-state index contributed by atoms with van der Waals surface area (Å²) < 4.78 is 20.4. The minimum Gasteiger partial charge on any atom is -0.494 e. The lowest BCUT2D eigenvalue weighted by Gasteiger charge is -2.10. The fourth-order valence-electron chi connectivity index (χ4n) is 2.13. The molecule has 0 bridgehead atoms. The molecular weight excluding hydrogens is 263 g/mol. The molecule has 0 aliphatic heterocycles. The molecule has 20 heavy (non-hydrogen) atoms. The molecule has 1 aromatic heterocycles. The quantitative estimate of drug-likeness (QED) is 0.932. The van der Waals surface area contributed by atoms with Crippen LogP contribution >= 0.6 is 0 Å². The van der Waals surface area contributed by atoms with Gasteiger partial charge in [-0.3, -0.25) is 0 Å². The molecule has 1 heterocycles. The number of aromatic nitrogens is 2. The van der Waals surface area contributed by atoms with Crippen molar-refractivity contribution >= 4 is 5.97 Å². The van der Waals surface area contributed by atoms with Crippen molar-refractivity contribution in [2.45, 2.75) is 18.8 Å². The van der Waals surface area contributed by atoms with Crippen molar-refractivity contribution < 1.29 is 19.0 Å². The van der Waals surface area contributed by atoms with Gasteiger partial charge in [-0.2, -0.15) is 0 Å². The van der Waals surface area contributed by atoms with Crippen LogP contribution in [0.5, 0.6) is 5.75 Å². The van der Waals surface area contributed by atoms with Crippen molar-refractivity contribution in [1.82, 2.24) is 9.55 Å². The number of nitrogens with zero attached hydrogens (tertiary/aromatic N) is 2. The number of aromatic carboxylic acids is 1. The lowest BCUT2D eigenvalue weighted by Crippen LogP contribution is -2.05. The molecule has 104 valence electrons. The maximum absolute atomic E-state index is 13.6. The van der Waals surface area contributed by atoms with Crippen LogP contribution in [0.15, 0.2) is 24.7 Å². The first kappa shape index (κ1) is 12.7. The van der Waals surface area contributed by atoms with Crippen LogP contribution in [0, 0.1) is 5.82 Å². The molecule has 0 radical (unpaired) electrons. The Bertz CT molecular complexity index is 677. The Morgan fingerprint density at radius 1 is 1.50 bits per heavy atom. The Labute approximate surface area is 114 Å². The normalized spacial score (nSPS) is 14.3. The van der Waals surface area contributed by atoms with Crippen LogP contribution in [0.2, 0.25) is 0 Å². The molecule has 1 saturated carbocycles. The fraction of sp³-hybridized carbons (Fsp3) is 0.286. The summed E-state index contributed by atoms with van der Waals surface area (Å²) >= 11 is 0. The number of benzene rings is 1. The van der Waals surface area contributed by atoms with E-state index in [4.69, 9.17) is 9.84 Å². The highest BCUT2D eigenvalue weighted by molar-refractivity contribution is 5.89. The van der Waals surface area contributed by atoms with E-state index in [1.807, 2.05) is 6.20 Å². The van der Waals surface area contributed by atoms with Gasteiger partial charge in [0, 0.05) is 18.2 Å². The summed E-state index contributed by atoms with van der Waals surface area (Å²) in [6.07, 6.45) is 5.67. The smallest absolute Gasteiger partial charge is 0.338 e. The van der Waals surface area contributed by atoms with E-state index in [9.17, 15) is 9.18 Å². The molecule has 3 rings (SSSR count). The summed E-state index contributed by atoms with van der Waals surface area (Å²) in [5.41, 5.74) is 1.04. The van der Waals surface area contributed by atoms with Crippen LogP contribution in [0.1, 0.15) is 34.8 Å². The van der Waals surface area contributed by atoms with Crippen molar-refractivity contribution in [3.05, 3.63) is 41.7 Å². The van der Waals surface area contributed by atoms with Crippen molar-refractivity contribution in [2.24, 2.45) is 0 Å². The molecule has 0 spiro atoms. The highest BCUT2D eigenvalue weighted by atomic mass is 19.1. The molecule has 1 fully saturated rings. The highest BCUT2D eigenvalue weighted by Gasteiger charge is 2.26. The Balaban J connectivity index is 2.09. The van der Waals surface area contributed by atoms with Gasteiger partial charge in [0.05, 0.1) is 30.4 Å². The SMILES string of the molecule is COc1cc(F)c(C(=O)O)cc1-n1cnc(C2CC2)c1. The number of imidazole rings is 1. The van der Waals surface area contributed by atoms with Crippen LogP contribution in [0.4, 0.5) is 4.39 Å². The standard InChI is InChI=1S/C14H13FN2O3/c1-20-13-5-10(15)9(14(18)19)4-12(13)17-6-11(16-7-17)8-2-3-8/h4-8H,2-3H2,1H3,(H,18,19). The predicted octanol–water partition coefficient (Wildman–Crippen LogP) is 2.60. The van der Waals surface area contributed by atoms with E-state index < -0.39 is 11.8 Å². The summed E-state index contributed by atoms with van der Waals surface area (Å²) in [5.74, 6) is -1.37. The minimum atomic E-state index is -1.31. The molecule has 1 aliphatic carbocycles. The van der Waals surface area contributed by atoms with Crippen molar-refractivity contribution in [3.63, 3.8) is 0 Å². The monoisotopic (exact) mass is 276 g/mol. The Morgan fingerprint density at radius 2 is 2.25 bits per heavy atom. The number of hydrogen-bond donors (Lipinski definition) is 1. The first-order valence-corrected chi connectivity index (χ1v) is 6.25. The molecule has 0 unspecified atom stereocenters. The van der Waals surface area contributed by atoms with Gasteiger partial charge in [0.15, 0.2) is 0 Å². The summed E-state index contributed by atoms with van der Waals surface area (Å²) in [6, 6.07) is 2.34. The van der Waals surface area contributed by atoms with Crippen molar-refractivity contribution in [2.75, 3.05) is 7.11 Å². The van der Waals surface area contributed by atoms with Gasteiger partial charge in [0.25, 0.3) is 0 Å². The van der Waals surface area contributed by atoms with Gasteiger partial charge in [0.2, 0.25) is 0 Å². The second kappa shape index (κ2) is 4.63. The summed E-state index contributed by atoms with van der Waals surface area (Å²) in [7, 11) is 1.41. The Kier molecular flexibility index (Phi) is 2.93. The zero-order valence-corrected chi connectivity index (χ0v) is 10.8. The molecule has 2 aromatic rings. The van der Waals surface area contributed by atoms with E-state index in [1.54, 1.807) is 10.9 Å². The number of hydrogen-bond acceptors (Lipinski definition) is 3. The topological polar surface area (TPSA) is 64.3 Å². The third-order valence-corrected chi connectivity index (χ3v) is 3.38. The molecule has 6 heteroatoms. The molecule has 1 aliphatic rings. The predicted molar refractivity (Wildman–Crippen MR) is 69.0 cm³/mol. The van der Waals surface area contributed by atoms with Crippen molar-refractivity contribution in [3.8, 4) is 11.4 Å². The first-order chi connectivity index (χ1) is 9.60. The first-order valence-electron chi connectivity index (χ1n) is 6.25. The summed E-state index contributed by atoms with van der Waals surface area (Å²) in [6.45, 7) is 0. The lowest BCUT2D eigenvalue weighted by molar-refractivity contribution is 0.0692. The number of carboxylic acid groups (broad SMARTS) is 1. The van der Waals surface area contributed by atoms with Gasteiger partial charge in [-0.25, -0.2) is 14.2 Å². The molecular formula is C14H13FN2O3. The molecule has 5 nitrogen and oxygen atoms in total. The molecule has 1 aromatic carbocycles. The van der Waals surface area contributed by atoms with Crippen LogP contribution in [-0.2, 0) is 0 Å². The molecule has 0 saturated heterocycles. The van der Waals surface area contributed by atoms with Crippen molar-refractivity contribution in [1.29, 1.82) is 0 Å². The minimum absolute atomic E-state index is 0.271. The Morgan fingerprint density at radius 3 is 2.85 bits per heavy atom. The average Bonchev–Trinajstić information content (AvgIpc) is 3.16. The third kappa shape index (κ3) is 2.13. The fourth-order valence-corrected chi connectivity index (χ4v) is 2.13. The number of halogens is 1. The zero-order chi connectivity index (χ0) is 14.3. The van der Waals surface area contributed by atoms with Crippen LogP contribution in [0.25, 0.3) is 5.69 Å². The van der Waals surface area contributed by atoms with E-state index in [0.717, 1.165) is 24.6 Å². The maximum atomic E-state index is 13.6. The molecule has 0 amide bonds. The zero-order valence-electron chi connectivity index (χ0n) is 10.8. The lowest BCUT2D eigenvalue weighted by atomic mass is 10.1. The van der Waals surface area contributed by atoms with E-state index in [2.05, 4.69) is 4.98 Å². The largest absolute Gasteiger partial charge is 0.494 e. The highest BCUT2D eigenvalue weighted by Crippen LogP contribution is 2.39. The van der Waals surface area contributed by atoms with Crippen LogP contribution < -0.4 is 4.74 Å². The molecule has 0 atom stereocenters. The summed E-state index contributed by atoms with van der Waals surface area (Å²) in [5, 5.41) is 9.00. The second-order valence-corrected chi connectivity index (χ2v) is 4.79. The van der Waals surface area contributed by atoms with E-state index in [-0.39, 0.29) is 11.3 Å². The number of carbonyl (C=O) groups is 1. The number of ether oxygens (including phenoxy) is 1. The van der Waals surface area contributed by atoms with Gasteiger partial charge in [-0.05, 0) is 18.9 Å². The van der Waals surface area contributed by atoms with Gasteiger partial charge >= 0.3 is 5.97 Å². The van der Waals surface area contributed by atoms with Gasteiger partial charge in [-0.1, -0.05) is 0 Å². The average molecular weight is 276 g/mol. The number of rotatable bonds is 4.